The molecule has 0 spiro atoms. The normalized spacial score (nSPS) is 11.2. The number of benzene rings is 1. The number of aromatic amines is 1. The van der Waals surface area contributed by atoms with Crippen molar-refractivity contribution in [3.8, 4) is 16.9 Å². The molecule has 0 aliphatic carbocycles. The van der Waals surface area contributed by atoms with E-state index in [0.29, 0.717) is 29.3 Å². The zero-order valence-corrected chi connectivity index (χ0v) is 20.6. The third-order valence-electron chi connectivity index (χ3n) is 5.59. The Balaban J connectivity index is 1.75. The first-order valence-corrected chi connectivity index (χ1v) is 11.7. The van der Waals surface area contributed by atoms with Crippen molar-refractivity contribution >= 4 is 24.1 Å². The molecular weight excluding hydrogens is 448 g/mol. The minimum atomic E-state index is -0.316. The number of H-pyrrole nitrogens is 1. The lowest BCUT2D eigenvalue weighted by Gasteiger charge is -2.14. The van der Waals surface area contributed by atoms with Gasteiger partial charge < -0.3 is 15.0 Å². The molecule has 0 bridgehead atoms. The number of amides is 1. The lowest BCUT2D eigenvalue weighted by atomic mass is 10.0. The van der Waals surface area contributed by atoms with Crippen LogP contribution in [0.3, 0.4) is 0 Å². The van der Waals surface area contributed by atoms with Gasteiger partial charge in [0.25, 0.3) is 11.5 Å². The molecule has 0 fully saturated rings. The smallest absolute Gasteiger partial charge is 0.268 e. The van der Waals surface area contributed by atoms with Crippen molar-refractivity contribution in [1.29, 1.82) is 0 Å². The van der Waals surface area contributed by atoms with Gasteiger partial charge in [0.15, 0.2) is 0 Å². The minimum absolute atomic E-state index is 0.0351. The van der Waals surface area contributed by atoms with Crippen molar-refractivity contribution < 1.29 is 9.53 Å². The van der Waals surface area contributed by atoms with E-state index >= 15 is 0 Å². The standard InChI is InChI=1S/C26H28N4O3S/c1-5-33-23-9-16(4)29-25(31)20(23)13-27-26(32)22-12-18(17-7-6-8-19(34)10-17)11-21-24(15(2)3)28-14-30(21)22/h6-12,14-15,34H,5,13H2,1-4H3,(H,27,32)(H,29,31). The van der Waals surface area contributed by atoms with Crippen LogP contribution in [0.4, 0.5) is 0 Å². The molecule has 0 saturated carbocycles. The zero-order chi connectivity index (χ0) is 24.4. The maximum atomic E-state index is 13.4. The molecule has 0 unspecified atom stereocenters. The van der Waals surface area contributed by atoms with Crippen LogP contribution in [0.5, 0.6) is 5.75 Å². The predicted octanol–water partition coefficient (Wildman–Crippen LogP) is 4.74. The van der Waals surface area contributed by atoms with E-state index in [0.717, 1.165) is 27.2 Å². The molecular formula is C26H28N4O3S. The molecule has 34 heavy (non-hydrogen) atoms. The molecule has 0 radical (unpaired) electrons. The minimum Gasteiger partial charge on any atom is -0.493 e. The van der Waals surface area contributed by atoms with Gasteiger partial charge in [0, 0.05) is 10.6 Å². The molecule has 1 amide bonds. The first kappa shape index (κ1) is 23.6. The van der Waals surface area contributed by atoms with E-state index in [9.17, 15) is 9.59 Å². The van der Waals surface area contributed by atoms with Gasteiger partial charge >= 0.3 is 0 Å². The highest BCUT2D eigenvalue weighted by atomic mass is 32.1. The lowest BCUT2D eigenvalue weighted by Crippen LogP contribution is -2.29. The lowest BCUT2D eigenvalue weighted by molar-refractivity contribution is 0.0944. The molecule has 4 aromatic rings. The Morgan fingerprint density at radius 1 is 1.21 bits per heavy atom. The Morgan fingerprint density at radius 3 is 2.71 bits per heavy atom. The molecule has 8 heteroatoms. The monoisotopic (exact) mass is 476 g/mol. The fourth-order valence-electron chi connectivity index (χ4n) is 3.98. The second kappa shape index (κ2) is 9.77. The number of carbonyl (C=O) groups excluding carboxylic acids is 1. The number of aromatic nitrogens is 3. The summed E-state index contributed by atoms with van der Waals surface area (Å²) >= 11 is 4.46. The average Bonchev–Trinajstić information content (AvgIpc) is 3.22. The summed E-state index contributed by atoms with van der Waals surface area (Å²) in [6, 6.07) is 13.4. The van der Waals surface area contributed by atoms with Gasteiger partial charge in [-0.1, -0.05) is 26.0 Å². The summed E-state index contributed by atoms with van der Waals surface area (Å²) in [4.78, 5) is 34.1. The Hall–Kier alpha value is -3.52. The van der Waals surface area contributed by atoms with Crippen molar-refractivity contribution in [1.82, 2.24) is 19.7 Å². The predicted molar refractivity (Wildman–Crippen MR) is 136 cm³/mol. The Morgan fingerprint density at radius 2 is 2.00 bits per heavy atom. The molecule has 0 atom stereocenters. The fraction of sp³-hybridized carbons (Fsp3) is 0.269. The Labute approximate surface area is 203 Å². The van der Waals surface area contributed by atoms with Gasteiger partial charge in [-0.05, 0) is 61.2 Å². The van der Waals surface area contributed by atoms with Gasteiger partial charge in [0.1, 0.15) is 17.8 Å². The summed E-state index contributed by atoms with van der Waals surface area (Å²) in [6.07, 6.45) is 1.67. The van der Waals surface area contributed by atoms with Crippen LogP contribution in [-0.4, -0.2) is 26.9 Å². The van der Waals surface area contributed by atoms with Crippen molar-refractivity contribution in [2.45, 2.75) is 45.1 Å². The number of aryl methyl sites for hydroxylation is 1. The molecule has 0 aliphatic heterocycles. The van der Waals surface area contributed by atoms with E-state index < -0.39 is 0 Å². The molecule has 4 rings (SSSR count). The molecule has 2 N–H and O–H groups in total. The van der Waals surface area contributed by atoms with Gasteiger partial charge in [-0.25, -0.2) is 4.98 Å². The first-order chi connectivity index (χ1) is 16.3. The van der Waals surface area contributed by atoms with E-state index in [1.165, 1.54) is 0 Å². The number of carbonyl (C=O) groups is 1. The highest BCUT2D eigenvalue weighted by Crippen LogP contribution is 2.28. The van der Waals surface area contributed by atoms with Gasteiger partial charge in [0.05, 0.1) is 29.9 Å². The SMILES string of the molecule is CCOc1cc(C)[nH]c(=O)c1CNC(=O)c1cc(-c2cccc(S)c2)cc2c(C(C)C)ncn12. The van der Waals surface area contributed by atoms with Crippen LogP contribution >= 0.6 is 12.6 Å². The van der Waals surface area contributed by atoms with Crippen LogP contribution in [0, 0.1) is 6.92 Å². The van der Waals surface area contributed by atoms with Crippen LogP contribution in [0.2, 0.25) is 0 Å². The second-order valence-corrected chi connectivity index (χ2v) is 8.98. The van der Waals surface area contributed by atoms with E-state index in [1.807, 2.05) is 43.3 Å². The molecule has 3 heterocycles. The van der Waals surface area contributed by atoms with Crippen LogP contribution in [0.1, 0.15) is 54.1 Å². The summed E-state index contributed by atoms with van der Waals surface area (Å²) in [7, 11) is 0. The maximum Gasteiger partial charge on any atom is 0.268 e. The highest BCUT2D eigenvalue weighted by Gasteiger charge is 2.19. The third kappa shape index (κ3) is 4.72. The average molecular weight is 477 g/mol. The largest absolute Gasteiger partial charge is 0.493 e. The number of hydrogen-bond acceptors (Lipinski definition) is 5. The zero-order valence-electron chi connectivity index (χ0n) is 19.7. The summed E-state index contributed by atoms with van der Waals surface area (Å²) < 4.78 is 7.42. The van der Waals surface area contributed by atoms with E-state index in [2.05, 4.69) is 41.8 Å². The topological polar surface area (TPSA) is 88.5 Å². The molecule has 0 aliphatic rings. The van der Waals surface area contributed by atoms with Crippen molar-refractivity contribution in [3.05, 3.63) is 81.8 Å². The number of hydrogen-bond donors (Lipinski definition) is 3. The number of pyridine rings is 2. The van der Waals surface area contributed by atoms with Gasteiger partial charge in [-0.3, -0.25) is 14.0 Å². The molecule has 176 valence electrons. The number of fused-ring (bicyclic) bond motifs is 1. The van der Waals surface area contributed by atoms with Gasteiger partial charge in [-0.15, -0.1) is 12.6 Å². The summed E-state index contributed by atoms with van der Waals surface area (Å²) in [5.74, 6) is 0.342. The number of rotatable bonds is 7. The van der Waals surface area contributed by atoms with E-state index in [1.54, 1.807) is 23.7 Å². The molecule has 3 aromatic heterocycles. The van der Waals surface area contributed by atoms with E-state index in [4.69, 9.17) is 4.74 Å². The van der Waals surface area contributed by atoms with Crippen LogP contribution < -0.4 is 15.6 Å². The number of imidazole rings is 1. The highest BCUT2D eigenvalue weighted by molar-refractivity contribution is 7.80. The fourth-order valence-corrected chi connectivity index (χ4v) is 4.21. The number of nitrogens with zero attached hydrogens (tertiary/aromatic N) is 2. The van der Waals surface area contributed by atoms with Crippen LogP contribution in [-0.2, 0) is 6.54 Å². The van der Waals surface area contributed by atoms with Gasteiger partial charge in [-0.2, -0.15) is 0 Å². The Bertz CT molecular complexity index is 1420. The third-order valence-corrected chi connectivity index (χ3v) is 5.87. The van der Waals surface area contributed by atoms with Crippen LogP contribution in [0.15, 0.2) is 58.5 Å². The number of nitrogens with one attached hydrogen (secondary N) is 2. The molecule has 0 saturated heterocycles. The van der Waals surface area contributed by atoms with Crippen molar-refractivity contribution in [2.75, 3.05) is 6.61 Å². The van der Waals surface area contributed by atoms with E-state index in [-0.39, 0.29) is 23.9 Å². The quantitative estimate of drug-likeness (QED) is 0.336. The molecule has 7 nitrogen and oxygen atoms in total. The van der Waals surface area contributed by atoms with Crippen LogP contribution in [0.25, 0.3) is 16.6 Å². The molecule has 1 aromatic carbocycles. The summed E-state index contributed by atoms with van der Waals surface area (Å²) in [5.41, 5.74) is 4.84. The number of thiol groups is 1. The van der Waals surface area contributed by atoms with Crippen molar-refractivity contribution in [3.63, 3.8) is 0 Å². The first-order valence-electron chi connectivity index (χ1n) is 11.2. The van der Waals surface area contributed by atoms with Crippen molar-refractivity contribution in [2.24, 2.45) is 0 Å². The summed E-state index contributed by atoms with van der Waals surface area (Å²) in [6.45, 7) is 8.24. The maximum absolute atomic E-state index is 13.4. The summed E-state index contributed by atoms with van der Waals surface area (Å²) in [5, 5.41) is 2.89. The van der Waals surface area contributed by atoms with Gasteiger partial charge in [0.2, 0.25) is 0 Å². The number of ether oxygens (including phenoxy) is 1. The second-order valence-electron chi connectivity index (χ2n) is 8.46. The Kier molecular flexibility index (Phi) is 6.79.